The minimum absolute atomic E-state index is 0.0996. The van der Waals surface area contributed by atoms with Gasteiger partial charge in [0.05, 0.1) is 6.10 Å². The molecule has 1 fully saturated rings. The van der Waals surface area contributed by atoms with Gasteiger partial charge in [-0.3, -0.25) is 0 Å². The summed E-state index contributed by atoms with van der Waals surface area (Å²) in [4.78, 5) is 1.30. The van der Waals surface area contributed by atoms with Crippen molar-refractivity contribution in [2.45, 2.75) is 50.0 Å². The standard InChI is InChI=1S/C15H22OS/c1-2-15(10-6-11-15)14(16)9-12-17-13-7-4-3-5-8-13/h3-5,7-8,14,16H,2,6,9-12H2,1H3. The summed E-state index contributed by atoms with van der Waals surface area (Å²) in [5.41, 5.74) is 0.261. The van der Waals surface area contributed by atoms with Crippen LogP contribution in [0.15, 0.2) is 35.2 Å². The van der Waals surface area contributed by atoms with E-state index in [-0.39, 0.29) is 11.5 Å². The van der Waals surface area contributed by atoms with Crippen LogP contribution in [-0.2, 0) is 0 Å². The summed E-state index contributed by atoms with van der Waals surface area (Å²) in [5.74, 6) is 1.02. The second-order valence-electron chi connectivity index (χ2n) is 5.04. The molecule has 94 valence electrons. The first-order valence-electron chi connectivity index (χ1n) is 6.63. The average molecular weight is 250 g/mol. The van der Waals surface area contributed by atoms with Crippen LogP contribution in [-0.4, -0.2) is 17.0 Å². The molecule has 1 nitrogen and oxygen atoms in total. The van der Waals surface area contributed by atoms with Gasteiger partial charge in [0.15, 0.2) is 0 Å². The van der Waals surface area contributed by atoms with Gasteiger partial charge < -0.3 is 5.11 Å². The van der Waals surface area contributed by atoms with Crippen molar-refractivity contribution in [3.8, 4) is 0 Å². The Kier molecular flexibility index (Phi) is 4.52. The first-order valence-corrected chi connectivity index (χ1v) is 7.61. The van der Waals surface area contributed by atoms with Gasteiger partial charge >= 0.3 is 0 Å². The van der Waals surface area contributed by atoms with E-state index in [1.165, 1.54) is 24.2 Å². The summed E-state index contributed by atoms with van der Waals surface area (Å²) >= 11 is 1.85. The van der Waals surface area contributed by atoms with Crippen molar-refractivity contribution in [3.63, 3.8) is 0 Å². The molecule has 17 heavy (non-hydrogen) atoms. The number of rotatable bonds is 6. The Labute approximate surface area is 109 Å². The normalized spacial score (nSPS) is 19.6. The van der Waals surface area contributed by atoms with Gasteiger partial charge in [-0.15, -0.1) is 11.8 Å². The van der Waals surface area contributed by atoms with Crippen molar-refractivity contribution in [1.29, 1.82) is 0 Å². The molecule has 0 aromatic heterocycles. The van der Waals surface area contributed by atoms with Crippen molar-refractivity contribution in [3.05, 3.63) is 30.3 Å². The molecule has 1 aromatic carbocycles. The van der Waals surface area contributed by atoms with Crippen molar-refractivity contribution < 1.29 is 5.11 Å². The second-order valence-corrected chi connectivity index (χ2v) is 6.20. The van der Waals surface area contributed by atoms with Gasteiger partial charge in [-0.1, -0.05) is 31.5 Å². The third-order valence-corrected chi connectivity index (χ3v) is 5.21. The minimum Gasteiger partial charge on any atom is -0.393 e. The molecule has 1 unspecified atom stereocenters. The lowest BCUT2D eigenvalue weighted by Gasteiger charge is -2.45. The Hall–Kier alpha value is -0.470. The number of hydrogen-bond acceptors (Lipinski definition) is 2. The highest BCUT2D eigenvalue weighted by molar-refractivity contribution is 7.99. The summed E-state index contributed by atoms with van der Waals surface area (Å²) in [6.07, 6.45) is 5.70. The van der Waals surface area contributed by atoms with Crippen LogP contribution in [0.4, 0.5) is 0 Å². The van der Waals surface area contributed by atoms with Crippen molar-refractivity contribution in [2.24, 2.45) is 5.41 Å². The summed E-state index contributed by atoms with van der Waals surface area (Å²) in [5, 5.41) is 10.3. The van der Waals surface area contributed by atoms with Crippen molar-refractivity contribution in [2.75, 3.05) is 5.75 Å². The van der Waals surface area contributed by atoms with Crippen LogP contribution in [0.2, 0.25) is 0 Å². The summed E-state index contributed by atoms with van der Waals surface area (Å²) in [6, 6.07) is 10.4. The van der Waals surface area contributed by atoms with Gasteiger partial charge in [0, 0.05) is 10.6 Å². The molecule has 2 heteroatoms. The molecule has 1 atom stereocenters. The number of hydrogen-bond donors (Lipinski definition) is 1. The SMILES string of the molecule is CCC1(C(O)CCSc2ccccc2)CCC1. The van der Waals surface area contributed by atoms with Crippen LogP contribution < -0.4 is 0 Å². The quantitative estimate of drug-likeness (QED) is 0.767. The Morgan fingerprint density at radius 1 is 1.29 bits per heavy atom. The Bertz CT molecular complexity index is 327. The maximum Gasteiger partial charge on any atom is 0.0604 e. The molecule has 1 aliphatic carbocycles. The molecule has 0 amide bonds. The third-order valence-electron chi connectivity index (χ3n) is 4.16. The van der Waals surface area contributed by atoms with E-state index in [1.807, 2.05) is 17.8 Å². The molecule has 1 N–H and O–H groups in total. The average Bonchev–Trinajstić information content (AvgIpc) is 2.30. The molecule has 0 saturated heterocycles. The minimum atomic E-state index is -0.0996. The fourth-order valence-corrected chi connectivity index (χ4v) is 3.59. The predicted octanol–water partition coefficient (Wildman–Crippen LogP) is 4.11. The summed E-state index contributed by atoms with van der Waals surface area (Å²) in [7, 11) is 0. The Balaban J connectivity index is 1.75. The number of benzene rings is 1. The molecule has 1 aliphatic rings. The van der Waals surface area contributed by atoms with Crippen LogP contribution in [0.1, 0.15) is 39.0 Å². The van der Waals surface area contributed by atoms with Crippen LogP contribution in [0.25, 0.3) is 0 Å². The smallest absolute Gasteiger partial charge is 0.0604 e. The summed E-state index contributed by atoms with van der Waals surface area (Å²) in [6.45, 7) is 2.21. The maximum absolute atomic E-state index is 10.3. The van der Waals surface area contributed by atoms with E-state index in [0.717, 1.165) is 18.6 Å². The van der Waals surface area contributed by atoms with Gasteiger partial charge in [-0.05, 0) is 43.2 Å². The zero-order valence-electron chi connectivity index (χ0n) is 10.6. The molecule has 0 bridgehead atoms. The second kappa shape index (κ2) is 5.92. The highest BCUT2D eigenvalue weighted by atomic mass is 32.2. The maximum atomic E-state index is 10.3. The Morgan fingerprint density at radius 3 is 2.53 bits per heavy atom. The topological polar surface area (TPSA) is 20.2 Å². The van der Waals surface area contributed by atoms with Crippen LogP contribution in [0.3, 0.4) is 0 Å². The zero-order chi connectivity index (χ0) is 12.1. The predicted molar refractivity (Wildman–Crippen MR) is 74.4 cm³/mol. The molecule has 0 radical (unpaired) electrons. The number of aliphatic hydroxyl groups is 1. The van der Waals surface area contributed by atoms with Gasteiger partial charge in [0.2, 0.25) is 0 Å². The molecule has 0 aliphatic heterocycles. The zero-order valence-corrected chi connectivity index (χ0v) is 11.4. The molecule has 2 rings (SSSR count). The van der Waals surface area contributed by atoms with E-state index in [2.05, 4.69) is 31.2 Å². The highest BCUT2D eigenvalue weighted by Crippen LogP contribution is 2.47. The monoisotopic (exact) mass is 250 g/mol. The lowest BCUT2D eigenvalue weighted by molar-refractivity contribution is -0.0386. The van der Waals surface area contributed by atoms with Crippen molar-refractivity contribution in [1.82, 2.24) is 0 Å². The van der Waals surface area contributed by atoms with E-state index in [9.17, 15) is 5.11 Å². The lowest BCUT2D eigenvalue weighted by Crippen LogP contribution is -2.41. The van der Waals surface area contributed by atoms with Crippen LogP contribution in [0.5, 0.6) is 0 Å². The van der Waals surface area contributed by atoms with Gasteiger partial charge in [0.25, 0.3) is 0 Å². The molecular formula is C15H22OS. The summed E-state index contributed by atoms with van der Waals surface area (Å²) < 4.78 is 0. The first-order chi connectivity index (χ1) is 8.27. The highest BCUT2D eigenvalue weighted by Gasteiger charge is 2.41. The van der Waals surface area contributed by atoms with Gasteiger partial charge in [-0.2, -0.15) is 0 Å². The first kappa shape index (κ1) is 13.0. The van der Waals surface area contributed by atoms with Crippen molar-refractivity contribution >= 4 is 11.8 Å². The fraction of sp³-hybridized carbons (Fsp3) is 0.600. The largest absolute Gasteiger partial charge is 0.393 e. The molecule has 0 heterocycles. The third kappa shape index (κ3) is 3.05. The number of thioether (sulfide) groups is 1. The van der Waals surface area contributed by atoms with Gasteiger partial charge in [0.1, 0.15) is 0 Å². The van der Waals surface area contributed by atoms with Crippen LogP contribution >= 0.6 is 11.8 Å². The van der Waals surface area contributed by atoms with E-state index in [0.29, 0.717) is 0 Å². The molecule has 0 spiro atoms. The van der Waals surface area contributed by atoms with Gasteiger partial charge in [-0.25, -0.2) is 0 Å². The molecular weight excluding hydrogens is 228 g/mol. The molecule has 1 saturated carbocycles. The van der Waals surface area contributed by atoms with Crippen LogP contribution in [0, 0.1) is 5.41 Å². The van der Waals surface area contributed by atoms with E-state index in [4.69, 9.17) is 0 Å². The molecule has 1 aromatic rings. The van der Waals surface area contributed by atoms with E-state index < -0.39 is 0 Å². The van der Waals surface area contributed by atoms with E-state index >= 15 is 0 Å². The number of aliphatic hydroxyl groups excluding tert-OH is 1. The Morgan fingerprint density at radius 2 is 2.00 bits per heavy atom. The lowest BCUT2D eigenvalue weighted by atomic mass is 9.63. The van der Waals surface area contributed by atoms with E-state index in [1.54, 1.807) is 0 Å². The fourth-order valence-electron chi connectivity index (χ4n) is 2.66.